The molecule has 0 aliphatic carbocycles. The Bertz CT molecular complexity index is 1890. The summed E-state index contributed by atoms with van der Waals surface area (Å²) in [4.78, 5) is 41.8. The fraction of sp³-hybridized carbons (Fsp3) is 0.694. The topological polar surface area (TPSA) is 167 Å². The molecule has 4 aliphatic heterocycles. The van der Waals surface area contributed by atoms with Crippen LogP contribution in [0.25, 0.3) is 0 Å². The first-order valence-corrected chi connectivity index (χ1v) is 25.6. The van der Waals surface area contributed by atoms with Crippen molar-refractivity contribution >= 4 is 40.4 Å². The molecule has 2 aromatic rings. The van der Waals surface area contributed by atoms with E-state index in [4.69, 9.17) is 42.6 Å². The van der Waals surface area contributed by atoms with E-state index in [2.05, 4.69) is 19.2 Å². The zero-order valence-electron chi connectivity index (χ0n) is 40.7. The van der Waals surface area contributed by atoms with Crippen molar-refractivity contribution in [2.75, 3.05) is 26.9 Å². The second-order valence-corrected chi connectivity index (χ2v) is 20.7. The minimum absolute atomic E-state index is 0.0223. The Kier molecular flexibility index (Phi) is 19.8. The Morgan fingerprint density at radius 3 is 2.34 bits per heavy atom. The van der Waals surface area contributed by atoms with E-state index in [1.54, 1.807) is 4.90 Å². The van der Waals surface area contributed by atoms with Crippen LogP contribution in [0.15, 0.2) is 60.7 Å². The molecule has 1 N–H and O–H groups in total. The summed E-state index contributed by atoms with van der Waals surface area (Å²) in [7, 11) is 2.53. The van der Waals surface area contributed by atoms with Gasteiger partial charge in [0.2, 0.25) is 0 Å². The van der Waals surface area contributed by atoms with Gasteiger partial charge in [0.1, 0.15) is 6.61 Å². The van der Waals surface area contributed by atoms with Crippen LogP contribution in [0, 0.1) is 17.8 Å². The molecule has 2 aromatic carbocycles. The van der Waals surface area contributed by atoms with Crippen molar-refractivity contribution in [2.45, 2.75) is 173 Å². The van der Waals surface area contributed by atoms with Gasteiger partial charge in [-0.05, 0) is 50.7 Å². The molecule has 0 aromatic heterocycles. The monoisotopic (exact) mass is 951 g/mol. The van der Waals surface area contributed by atoms with E-state index in [9.17, 15) is 19.1 Å². The van der Waals surface area contributed by atoms with E-state index in [0.717, 1.165) is 50.3 Å². The van der Waals surface area contributed by atoms with Gasteiger partial charge >= 0.3 is 209 Å². The van der Waals surface area contributed by atoms with Crippen molar-refractivity contribution in [1.82, 2.24) is 10.2 Å². The summed E-state index contributed by atoms with van der Waals surface area (Å²) < 4.78 is 68.2. The Hall–Kier alpha value is -3.27. The van der Waals surface area contributed by atoms with Crippen LogP contribution in [0.2, 0.25) is 0 Å². The van der Waals surface area contributed by atoms with Crippen molar-refractivity contribution in [3.05, 3.63) is 71.8 Å². The van der Waals surface area contributed by atoms with Gasteiger partial charge in [0, 0.05) is 25.2 Å². The first kappa shape index (κ1) is 53.1. The van der Waals surface area contributed by atoms with Crippen molar-refractivity contribution in [3.63, 3.8) is 0 Å². The zero-order valence-corrected chi connectivity index (χ0v) is 41.7. The Morgan fingerprint density at radius 2 is 1.70 bits per heavy atom. The van der Waals surface area contributed by atoms with Crippen molar-refractivity contribution in [1.29, 1.82) is 0 Å². The molecule has 4 fully saturated rings. The van der Waals surface area contributed by atoms with E-state index in [0.29, 0.717) is 34.9 Å². The number of carbonyl (C=O) groups excluding carboxylic acids is 3. The van der Waals surface area contributed by atoms with Gasteiger partial charge in [-0.25, -0.2) is 9.59 Å². The molecule has 4 saturated heterocycles. The third-order valence-corrected chi connectivity index (χ3v) is 15.4. The predicted molar refractivity (Wildman–Crippen MR) is 255 cm³/mol. The van der Waals surface area contributed by atoms with Crippen LogP contribution in [-0.4, -0.2) is 130 Å². The number of amides is 1. The van der Waals surface area contributed by atoms with Crippen LogP contribution < -0.4 is 5.32 Å². The number of carbonyl (C=O) groups is 3. The zero-order chi connectivity index (χ0) is 48.1. The van der Waals surface area contributed by atoms with Gasteiger partial charge in [0.25, 0.3) is 0 Å². The second kappa shape index (κ2) is 25.0. The average Bonchev–Trinajstić information content (AvgIpc) is 3.69. The number of hydrogen-bond acceptors (Lipinski definition) is 14. The number of rotatable bonds is 21. The summed E-state index contributed by atoms with van der Waals surface area (Å²) in [5, 5.41) is 3.80. The normalized spacial score (nSPS) is 32.2. The van der Waals surface area contributed by atoms with Crippen LogP contribution in [0.1, 0.15) is 105 Å². The van der Waals surface area contributed by atoms with Gasteiger partial charge in [-0.15, -0.1) is 0 Å². The van der Waals surface area contributed by atoms with Crippen molar-refractivity contribution in [3.8, 4) is 0 Å². The second-order valence-electron chi connectivity index (χ2n) is 19.3. The molecule has 4 aliphatic rings. The summed E-state index contributed by atoms with van der Waals surface area (Å²) >= 11 is 0. The molecular formula is C49H73B2N2O13P. The molecule has 15 nitrogen and oxygen atoms in total. The summed E-state index contributed by atoms with van der Waals surface area (Å²) in [5.74, 6) is -4.23. The molecule has 0 bridgehead atoms. The van der Waals surface area contributed by atoms with Gasteiger partial charge in [-0.3, -0.25) is 0 Å². The third kappa shape index (κ3) is 14.4. The van der Waals surface area contributed by atoms with Gasteiger partial charge in [0.05, 0.1) is 13.7 Å². The molecule has 4 heterocycles. The summed E-state index contributed by atoms with van der Waals surface area (Å²) in [6.07, 6.45) is 0.648. The Morgan fingerprint density at radius 1 is 1.00 bits per heavy atom. The number of nitrogens with one attached hydrogen (secondary N) is 1. The fourth-order valence-corrected chi connectivity index (χ4v) is 11.6. The first-order chi connectivity index (χ1) is 32.2. The van der Waals surface area contributed by atoms with E-state index in [-0.39, 0.29) is 73.9 Å². The molecule has 0 spiro atoms. The minimum atomic E-state index is -1.77. The van der Waals surface area contributed by atoms with Gasteiger partial charge in [-0.2, -0.15) is 0 Å². The number of ether oxygens (including phenoxy) is 9. The van der Waals surface area contributed by atoms with Gasteiger partial charge in [-0.1, -0.05) is 67.1 Å². The van der Waals surface area contributed by atoms with Crippen LogP contribution in [0.5, 0.6) is 0 Å². The molecule has 6 rings (SSSR count). The number of methoxy groups -OCH3 is 1. The number of esters is 2. The van der Waals surface area contributed by atoms with Crippen molar-refractivity contribution in [2.24, 2.45) is 17.8 Å². The summed E-state index contributed by atoms with van der Waals surface area (Å²) in [6, 6.07) is 19.8. The van der Waals surface area contributed by atoms with Crippen LogP contribution in [0.3, 0.4) is 0 Å². The van der Waals surface area contributed by atoms with Crippen LogP contribution >= 0.6 is 8.46 Å². The maximum atomic E-state index is 13.9. The molecular weight excluding hydrogens is 877 g/mol. The molecule has 67 heavy (non-hydrogen) atoms. The van der Waals surface area contributed by atoms with Gasteiger partial charge in [0.15, 0.2) is 0 Å². The molecule has 18 heteroatoms. The first-order valence-electron chi connectivity index (χ1n) is 24.3. The number of nitrogens with zero attached hydrogens (tertiary/aromatic N) is 1. The number of benzene rings is 2. The third-order valence-electron chi connectivity index (χ3n) is 13.7. The van der Waals surface area contributed by atoms with E-state index in [1.165, 1.54) is 14.0 Å². The SMILES string of the molecule is CC[C@H](C)C1O[C@H](O[C@H]2C([C@H]3COC(C)(C)O3)O[C@@](OCCCC3CCCC(CN(Cc4ccccc4)C(=O)OCc4ccccc4)N3)(C(=O)OC)C[C@H]2C)C(OC(C)=O)[C@@H](C)[C@@H]1PBB=O. The number of piperidine rings is 1. The maximum absolute atomic E-state index is 13.9. The average molecular weight is 951 g/mol. The Balaban J connectivity index is 1.13. The van der Waals surface area contributed by atoms with E-state index >= 15 is 0 Å². The van der Waals surface area contributed by atoms with E-state index < -0.39 is 54.2 Å². The molecule has 0 saturated carbocycles. The molecule has 1 amide bonds. The Labute approximate surface area is 400 Å². The fourth-order valence-electron chi connectivity index (χ4n) is 10.0. The van der Waals surface area contributed by atoms with Crippen molar-refractivity contribution < 1.29 is 61.7 Å². The standard InChI is InChI=1S/C49H73B2N2O13P/c1-9-31(2)41-44(67-51-50-57)33(4)42(62-34(5)54)45(64-41)63-40-32(3)26-49(46(55)58-8,66-43(40)39-30-61-48(6,7)65-39)60-25-17-24-37-22-16-23-38(52-37)28-53(27-35-18-12-10-13-19-35)47(56)59-29-36-20-14-11-15-21-36/h10-15,18-21,31-33,37-45,51-52,67H,9,16-17,22-30H2,1-8H3/t31-,32+,33+,37?,38?,39+,40+,41?,42?,43?,44-,45-,49+/m0/s1. The summed E-state index contributed by atoms with van der Waals surface area (Å²) in [5.41, 5.74) is 1.93. The summed E-state index contributed by atoms with van der Waals surface area (Å²) in [6.45, 7) is 15.1. The van der Waals surface area contributed by atoms with Crippen LogP contribution in [-0.2, 0) is 70.1 Å². The predicted octanol–water partition coefficient (Wildman–Crippen LogP) is 6.67. The van der Waals surface area contributed by atoms with Crippen LogP contribution in [0.4, 0.5) is 4.79 Å². The molecule has 14 atom stereocenters. The molecule has 368 valence electrons. The molecule has 6 unspecified atom stereocenters. The quantitative estimate of drug-likeness (QED) is 0.0464. The van der Waals surface area contributed by atoms with E-state index in [1.807, 2.05) is 88.4 Å². The van der Waals surface area contributed by atoms with Gasteiger partial charge < -0.3 is 19.7 Å². The molecule has 0 radical (unpaired) electrons. The number of hydrogen-bond donors (Lipinski definition) is 1.